The zero-order valence-corrected chi connectivity index (χ0v) is 38.2. The highest BCUT2D eigenvalue weighted by molar-refractivity contribution is 7.91. The normalized spacial score (nSPS) is 32.0. The Balaban J connectivity index is 1.07. The summed E-state index contributed by atoms with van der Waals surface area (Å²) in [5.41, 5.74) is 1.85. The van der Waals surface area contributed by atoms with Gasteiger partial charge in [-0.1, -0.05) is 56.4 Å². The fourth-order valence-corrected chi connectivity index (χ4v) is 12.5. The van der Waals surface area contributed by atoms with Gasteiger partial charge in [-0.15, -0.1) is 6.58 Å². The van der Waals surface area contributed by atoms with E-state index in [9.17, 15) is 22.8 Å². The van der Waals surface area contributed by atoms with E-state index < -0.39 is 44.2 Å². The van der Waals surface area contributed by atoms with Gasteiger partial charge in [-0.25, -0.2) is 13.4 Å². The first-order valence-corrected chi connectivity index (χ1v) is 25.5. The van der Waals surface area contributed by atoms with Crippen LogP contribution >= 0.6 is 0 Å². The van der Waals surface area contributed by atoms with Crippen LogP contribution in [0.1, 0.15) is 121 Å². The summed E-state index contributed by atoms with van der Waals surface area (Å²) in [6, 6.07) is 7.29. The molecule has 3 aliphatic heterocycles. The van der Waals surface area contributed by atoms with Crippen LogP contribution in [0.3, 0.4) is 0 Å². The van der Waals surface area contributed by atoms with E-state index in [1.165, 1.54) is 5.56 Å². The third kappa shape index (κ3) is 9.32. The topological polar surface area (TPSA) is 156 Å². The number of benzene rings is 1. The van der Waals surface area contributed by atoms with Crippen molar-refractivity contribution in [3.8, 4) is 5.88 Å². The number of piperazine rings is 1. The van der Waals surface area contributed by atoms with E-state index >= 15 is 4.79 Å². The molecule has 7 atom stereocenters. The molecule has 1 N–H and O–H groups in total. The molecule has 2 aromatic rings. The van der Waals surface area contributed by atoms with E-state index in [1.807, 2.05) is 12.1 Å². The minimum absolute atomic E-state index is 0.0271. The third-order valence-electron chi connectivity index (χ3n) is 16.0. The number of pyridine rings is 1. The van der Waals surface area contributed by atoms with E-state index in [2.05, 4.69) is 40.3 Å². The van der Waals surface area contributed by atoms with Crippen LogP contribution in [0.2, 0.25) is 0 Å². The van der Waals surface area contributed by atoms with Crippen molar-refractivity contribution in [2.75, 3.05) is 39.8 Å². The lowest BCUT2D eigenvalue weighted by molar-refractivity contribution is -0.153. The molecule has 0 spiro atoms. The number of rotatable bonds is 10. The minimum atomic E-state index is -3.95. The predicted molar refractivity (Wildman–Crippen MR) is 239 cm³/mol. The van der Waals surface area contributed by atoms with Gasteiger partial charge in [-0.3, -0.25) is 28.8 Å². The number of carbonyl (C=O) groups is 4. The Kier molecular flexibility index (Phi) is 12.5. The molecule has 6 fully saturated rings. The maximum atomic E-state index is 15.2. The summed E-state index contributed by atoms with van der Waals surface area (Å²) in [7, 11) is -1.79. The average molecular weight is 886 g/mol. The van der Waals surface area contributed by atoms with Gasteiger partial charge in [0.2, 0.25) is 27.7 Å². The Morgan fingerprint density at radius 1 is 0.952 bits per heavy atom. The van der Waals surface area contributed by atoms with Crippen molar-refractivity contribution in [3.05, 3.63) is 48.0 Å². The van der Waals surface area contributed by atoms with E-state index in [-0.39, 0.29) is 61.4 Å². The summed E-state index contributed by atoms with van der Waals surface area (Å²) in [6.07, 6.45) is 12.3. The first-order valence-electron chi connectivity index (χ1n) is 24.0. The lowest BCUT2D eigenvalue weighted by Crippen LogP contribution is -2.48. The van der Waals surface area contributed by atoms with Gasteiger partial charge >= 0.3 is 5.97 Å². The minimum Gasteiger partial charge on any atom is -0.472 e. The van der Waals surface area contributed by atoms with Gasteiger partial charge in [-0.05, 0) is 101 Å². The maximum Gasteiger partial charge on any atom is 0.306 e. The summed E-state index contributed by atoms with van der Waals surface area (Å²) < 4.78 is 41.0. The summed E-state index contributed by atoms with van der Waals surface area (Å²) in [5, 5.41) is 1.11. The van der Waals surface area contributed by atoms with Gasteiger partial charge in [0.15, 0.2) is 5.78 Å². The number of hydrogen-bond donors (Lipinski definition) is 1. The molecule has 4 heterocycles. The van der Waals surface area contributed by atoms with Crippen LogP contribution in [0.25, 0.3) is 10.9 Å². The number of aromatic nitrogens is 1. The fraction of sp³-hybridized carbons (Fsp3) is 0.694. The van der Waals surface area contributed by atoms with Crippen LogP contribution in [0.15, 0.2) is 36.9 Å². The van der Waals surface area contributed by atoms with E-state index in [1.54, 1.807) is 17.9 Å². The second-order valence-corrected chi connectivity index (χ2v) is 22.7. The largest absolute Gasteiger partial charge is 0.472 e. The number of para-hydroxylation sites is 1. The van der Waals surface area contributed by atoms with Crippen molar-refractivity contribution in [3.63, 3.8) is 0 Å². The number of allylic oxidation sites excluding steroid dienone is 1. The van der Waals surface area contributed by atoms with Crippen LogP contribution in [0, 0.1) is 29.1 Å². The number of ether oxygens (including phenoxy) is 2. The standard InChI is InChI=1S/C49H67N5O8S/c1-4-34-28-49(34,47(58)51-63(59,60)48(2)19-20-48)29-42(55)41-26-35-30-54(41)46(57)38(32-13-7-5-8-14-32)27-44(56)62-43-25-33(43)15-9-6-10-17-37-39(31-53-23-21-52(3)22-24-53)36-16-11-12-18-40(36)50-45(37)61-35/h4,11-12,16,18,32-35,38,41,43H,1,5-10,13-15,17,19-31H2,2-3H3,(H,51,58)/t33-,34-,35-,38+,41+,43-,49?/m1/s1. The average Bonchev–Trinajstić information content (AvgIpc) is 4.23. The molecule has 13 nitrogen and oxygen atoms in total. The van der Waals surface area contributed by atoms with Crippen molar-refractivity contribution >= 4 is 44.5 Å². The molecular formula is C49H67N5O8S. The predicted octanol–water partition coefficient (Wildman–Crippen LogP) is 6.12. The molecule has 1 unspecified atom stereocenters. The smallest absolute Gasteiger partial charge is 0.306 e. The Labute approximate surface area is 373 Å². The van der Waals surface area contributed by atoms with Gasteiger partial charge in [0.1, 0.15) is 12.2 Å². The summed E-state index contributed by atoms with van der Waals surface area (Å²) in [5.74, 6) is -1.80. The van der Waals surface area contributed by atoms with Gasteiger partial charge in [0, 0.05) is 56.5 Å². The lowest BCUT2D eigenvalue weighted by Gasteiger charge is -2.34. The molecule has 7 aliphatic rings. The summed E-state index contributed by atoms with van der Waals surface area (Å²) >= 11 is 0. The molecule has 2 amide bonds. The number of Topliss-reactive ketones (excluding diaryl/α,β-unsaturated/α-hetero) is 1. The van der Waals surface area contributed by atoms with Crippen molar-refractivity contribution in [2.45, 2.75) is 146 Å². The highest BCUT2D eigenvalue weighted by Gasteiger charge is 2.62. The van der Waals surface area contributed by atoms with E-state index in [4.69, 9.17) is 14.5 Å². The van der Waals surface area contributed by atoms with Crippen molar-refractivity contribution in [1.82, 2.24) is 24.4 Å². The molecule has 4 saturated carbocycles. The van der Waals surface area contributed by atoms with Gasteiger partial charge in [-0.2, -0.15) is 0 Å². The first kappa shape index (κ1) is 44.3. The van der Waals surface area contributed by atoms with E-state index in [0.717, 1.165) is 120 Å². The fourth-order valence-electron chi connectivity index (χ4n) is 11.2. The van der Waals surface area contributed by atoms with Crippen LogP contribution in [-0.2, 0) is 46.9 Å². The number of carbonyl (C=O) groups excluding carboxylic acids is 4. The molecule has 1 aromatic carbocycles. The van der Waals surface area contributed by atoms with E-state index in [0.29, 0.717) is 31.1 Å². The number of likely N-dealkylation sites (N-methyl/N-ethyl adjacent to an activating group) is 1. The zero-order valence-electron chi connectivity index (χ0n) is 37.4. The Hall–Kier alpha value is -3.88. The number of fused-ring (bicyclic) bond motifs is 5. The van der Waals surface area contributed by atoms with Crippen LogP contribution in [0.4, 0.5) is 0 Å². The molecule has 0 radical (unpaired) electrons. The molecule has 1 aromatic heterocycles. The number of ketones is 1. The Morgan fingerprint density at radius 3 is 2.38 bits per heavy atom. The second-order valence-electron chi connectivity index (χ2n) is 20.5. The van der Waals surface area contributed by atoms with Crippen molar-refractivity contribution in [1.29, 1.82) is 0 Å². The number of nitrogens with one attached hydrogen (secondary N) is 1. The number of hydrogen-bond acceptors (Lipinski definition) is 11. The van der Waals surface area contributed by atoms with Gasteiger partial charge < -0.3 is 19.3 Å². The molecule has 63 heavy (non-hydrogen) atoms. The molecule has 4 aliphatic carbocycles. The number of sulfonamides is 1. The maximum absolute atomic E-state index is 15.2. The zero-order chi connectivity index (χ0) is 44.1. The molecule has 2 saturated heterocycles. The SMILES string of the molecule is C=C[C@@H]1CC1(CC(=O)[C@@H]1C[C@@H]2CN1C(=O)[C@H](C1CCCCC1)CC(=O)O[C@@H]1C[C@H]1CCCCCc1c(nc3ccccc3c1CN1CCN(C)CC1)O2)C(=O)NS(=O)(=O)C1(C)CC1. The monoisotopic (exact) mass is 885 g/mol. The number of esters is 1. The molecular weight excluding hydrogens is 819 g/mol. The molecule has 2 bridgehead atoms. The van der Waals surface area contributed by atoms with Gasteiger partial charge in [0.25, 0.3) is 0 Å². The molecule has 9 rings (SSSR count). The summed E-state index contributed by atoms with van der Waals surface area (Å²) in [6.45, 7) is 10.3. The van der Waals surface area contributed by atoms with Crippen LogP contribution < -0.4 is 9.46 Å². The number of amides is 2. The number of nitrogens with zero attached hydrogens (tertiary/aromatic N) is 4. The first-order chi connectivity index (χ1) is 30.3. The van der Waals surface area contributed by atoms with Crippen LogP contribution in [-0.4, -0.2) is 114 Å². The molecule has 342 valence electrons. The van der Waals surface area contributed by atoms with Crippen molar-refractivity contribution in [2.24, 2.45) is 29.1 Å². The van der Waals surface area contributed by atoms with Crippen LogP contribution in [0.5, 0.6) is 5.88 Å². The highest BCUT2D eigenvalue weighted by atomic mass is 32.2. The third-order valence-corrected chi connectivity index (χ3v) is 18.2. The quantitative estimate of drug-likeness (QED) is 0.217. The van der Waals surface area contributed by atoms with Gasteiger partial charge in [0.05, 0.1) is 40.6 Å². The Morgan fingerprint density at radius 2 is 1.67 bits per heavy atom. The Bertz CT molecular complexity index is 2210. The molecule has 14 heteroatoms. The highest BCUT2D eigenvalue weighted by Crippen LogP contribution is 2.57. The summed E-state index contributed by atoms with van der Waals surface area (Å²) in [4.78, 5) is 69.5. The second kappa shape index (κ2) is 17.8. The lowest BCUT2D eigenvalue weighted by atomic mass is 9.77. The van der Waals surface area contributed by atoms with Crippen molar-refractivity contribution < 1.29 is 37.1 Å².